The third-order valence-corrected chi connectivity index (χ3v) is 3.66. The fourth-order valence-corrected chi connectivity index (χ4v) is 2.62. The Kier molecular flexibility index (Phi) is 3.75. The van der Waals surface area contributed by atoms with Crippen molar-refractivity contribution in [1.82, 2.24) is 20.1 Å². The minimum Gasteiger partial charge on any atom is -0.384 e. The molecule has 3 aromatic rings. The number of pyridine rings is 1. The zero-order valence-electron chi connectivity index (χ0n) is 12.8. The van der Waals surface area contributed by atoms with Gasteiger partial charge in [-0.2, -0.15) is 5.10 Å². The molecule has 5 heteroatoms. The fraction of sp³-hybridized carbons (Fsp3) is 0.375. The van der Waals surface area contributed by atoms with E-state index in [4.69, 9.17) is 0 Å². The maximum absolute atomic E-state index is 4.63. The van der Waals surface area contributed by atoms with Crippen molar-refractivity contribution in [2.75, 3.05) is 32.5 Å². The van der Waals surface area contributed by atoms with Crippen LogP contribution in [-0.2, 0) is 0 Å². The zero-order chi connectivity index (χ0) is 14.8. The first kappa shape index (κ1) is 13.8. The van der Waals surface area contributed by atoms with Crippen LogP contribution in [0.5, 0.6) is 0 Å². The van der Waals surface area contributed by atoms with E-state index in [0.29, 0.717) is 0 Å². The molecule has 0 radical (unpaired) electrons. The van der Waals surface area contributed by atoms with Crippen LogP contribution < -0.4 is 5.32 Å². The number of aromatic amines is 1. The van der Waals surface area contributed by atoms with Gasteiger partial charge in [0.1, 0.15) is 0 Å². The van der Waals surface area contributed by atoms with E-state index in [9.17, 15) is 0 Å². The quantitative estimate of drug-likeness (QED) is 0.707. The summed E-state index contributed by atoms with van der Waals surface area (Å²) in [7, 11) is 4.19. The molecule has 0 fully saturated rings. The molecule has 2 heterocycles. The lowest BCUT2D eigenvalue weighted by atomic mass is 10.1. The summed E-state index contributed by atoms with van der Waals surface area (Å²) in [4.78, 5) is 6.82. The SMILES string of the molecule is Cc1[nH]nc2nc3ccccc3c(NCCCN(C)C)c12. The van der Waals surface area contributed by atoms with E-state index in [1.807, 2.05) is 19.1 Å². The largest absolute Gasteiger partial charge is 0.384 e. The second-order valence-corrected chi connectivity index (χ2v) is 5.63. The summed E-state index contributed by atoms with van der Waals surface area (Å²) < 4.78 is 0. The molecule has 0 amide bonds. The van der Waals surface area contributed by atoms with Crippen molar-refractivity contribution < 1.29 is 0 Å². The van der Waals surface area contributed by atoms with E-state index < -0.39 is 0 Å². The highest BCUT2D eigenvalue weighted by Gasteiger charge is 2.13. The van der Waals surface area contributed by atoms with Gasteiger partial charge in [-0.15, -0.1) is 0 Å². The second kappa shape index (κ2) is 5.69. The third kappa shape index (κ3) is 2.69. The molecule has 5 nitrogen and oxygen atoms in total. The van der Waals surface area contributed by atoms with Crippen LogP contribution in [0.2, 0.25) is 0 Å². The van der Waals surface area contributed by atoms with E-state index >= 15 is 0 Å². The van der Waals surface area contributed by atoms with E-state index in [0.717, 1.165) is 52.8 Å². The Labute approximate surface area is 124 Å². The molecule has 0 bridgehead atoms. The molecule has 110 valence electrons. The second-order valence-electron chi connectivity index (χ2n) is 5.63. The highest BCUT2D eigenvalue weighted by Crippen LogP contribution is 2.31. The summed E-state index contributed by atoms with van der Waals surface area (Å²) >= 11 is 0. The standard InChI is InChI=1S/C16H21N5/c1-11-14-15(17-9-6-10-21(2)3)12-7-4-5-8-13(12)18-16(14)20-19-11/h4-5,7-8H,6,9-10H2,1-3H3,(H2,17,18,19,20). The molecular weight excluding hydrogens is 262 g/mol. The summed E-state index contributed by atoms with van der Waals surface area (Å²) in [5.74, 6) is 0. The number of aromatic nitrogens is 3. The summed E-state index contributed by atoms with van der Waals surface area (Å²) in [6, 6.07) is 8.21. The Balaban J connectivity index is 2.01. The number of anilines is 1. The molecule has 2 aromatic heterocycles. The normalized spacial score (nSPS) is 11.6. The molecule has 0 aliphatic carbocycles. The molecule has 3 rings (SSSR count). The van der Waals surface area contributed by atoms with Crippen molar-refractivity contribution in [2.24, 2.45) is 0 Å². The predicted octanol–water partition coefficient (Wildman–Crippen LogP) is 2.78. The molecule has 1 aromatic carbocycles. The number of hydrogen-bond donors (Lipinski definition) is 2. The van der Waals surface area contributed by atoms with Gasteiger partial charge in [-0.1, -0.05) is 18.2 Å². The number of aryl methyl sites for hydroxylation is 1. The van der Waals surface area contributed by atoms with Gasteiger partial charge >= 0.3 is 0 Å². The van der Waals surface area contributed by atoms with Crippen LogP contribution in [0.25, 0.3) is 21.9 Å². The van der Waals surface area contributed by atoms with Gasteiger partial charge in [-0.3, -0.25) is 5.10 Å². The van der Waals surface area contributed by atoms with Crippen LogP contribution in [-0.4, -0.2) is 47.3 Å². The lowest BCUT2D eigenvalue weighted by Crippen LogP contribution is -2.16. The maximum Gasteiger partial charge on any atom is 0.183 e. The Bertz CT molecular complexity index is 760. The van der Waals surface area contributed by atoms with E-state index in [2.05, 4.69) is 51.6 Å². The summed E-state index contributed by atoms with van der Waals surface area (Å²) in [6.07, 6.45) is 1.10. The first-order chi connectivity index (χ1) is 10.2. The average Bonchev–Trinajstić information content (AvgIpc) is 2.83. The van der Waals surface area contributed by atoms with Crippen molar-refractivity contribution in [3.8, 4) is 0 Å². The number of hydrogen-bond acceptors (Lipinski definition) is 4. The van der Waals surface area contributed by atoms with Gasteiger partial charge in [0.2, 0.25) is 0 Å². The van der Waals surface area contributed by atoms with Gasteiger partial charge in [0, 0.05) is 17.6 Å². The monoisotopic (exact) mass is 283 g/mol. The lowest BCUT2D eigenvalue weighted by Gasteiger charge is -2.13. The van der Waals surface area contributed by atoms with Crippen LogP contribution in [0.4, 0.5) is 5.69 Å². The molecule has 2 N–H and O–H groups in total. The third-order valence-electron chi connectivity index (χ3n) is 3.66. The average molecular weight is 283 g/mol. The number of nitrogens with zero attached hydrogens (tertiary/aromatic N) is 3. The van der Waals surface area contributed by atoms with Gasteiger partial charge in [-0.25, -0.2) is 4.98 Å². The zero-order valence-corrected chi connectivity index (χ0v) is 12.8. The van der Waals surface area contributed by atoms with Crippen molar-refractivity contribution in [1.29, 1.82) is 0 Å². The lowest BCUT2D eigenvalue weighted by molar-refractivity contribution is 0.405. The van der Waals surface area contributed by atoms with Crippen molar-refractivity contribution in [3.63, 3.8) is 0 Å². The number of benzene rings is 1. The van der Waals surface area contributed by atoms with E-state index in [1.54, 1.807) is 0 Å². The minimum absolute atomic E-state index is 0.779. The predicted molar refractivity (Wildman–Crippen MR) is 87.8 cm³/mol. The molecule has 0 aliphatic heterocycles. The van der Waals surface area contributed by atoms with Crippen molar-refractivity contribution in [3.05, 3.63) is 30.0 Å². The Morgan fingerprint density at radius 3 is 2.86 bits per heavy atom. The van der Waals surface area contributed by atoms with E-state index in [-0.39, 0.29) is 0 Å². The number of nitrogens with one attached hydrogen (secondary N) is 2. The van der Waals surface area contributed by atoms with E-state index in [1.165, 1.54) is 0 Å². The number of para-hydroxylation sites is 1. The number of H-pyrrole nitrogens is 1. The summed E-state index contributed by atoms with van der Waals surface area (Å²) in [5, 5.41) is 13.2. The fourth-order valence-electron chi connectivity index (χ4n) is 2.62. The van der Waals surface area contributed by atoms with Crippen LogP contribution in [0.1, 0.15) is 12.1 Å². The Hall–Kier alpha value is -2.14. The first-order valence-corrected chi connectivity index (χ1v) is 7.29. The van der Waals surface area contributed by atoms with Crippen LogP contribution in [0.15, 0.2) is 24.3 Å². The summed E-state index contributed by atoms with van der Waals surface area (Å²) in [5.41, 5.74) is 3.95. The minimum atomic E-state index is 0.779. The Morgan fingerprint density at radius 1 is 1.24 bits per heavy atom. The van der Waals surface area contributed by atoms with Gasteiger partial charge in [0.25, 0.3) is 0 Å². The number of rotatable bonds is 5. The van der Waals surface area contributed by atoms with Gasteiger partial charge in [-0.05, 0) is 40.1 Å². The molecule has 0 saturated heterocycles. The molecular formula is C16H21N5. The summed E-state index contributed by atoms with van der Waals surface area (Å²) in [6.45, 7) is 4.05. The van der Waals surface area contributed by atoms with Crippen LogP contribution in [0.3, 0.4) is 0 Å². The number of fused-ring (bicyclic) bond motifs is 2. The molecule has 0 atom stereocenters. The maximum atomic E-state index is 4.63. The van der Waals surface area contributed by atoms with Crippen LogP contribution >= 0.6 is 0 Å². The molecule has 0 unspecified atom stereocenters. The van der Waals surface area contributed by atoms with Gasteiger partial charge in [0.05, 0.1) is 16.6 Å². The van der Waals surface area contributed by atoms with Gasteiger partial charge in [0.15, 0.2) is 5.65 Å². The molecule has 21 heavy (non-hydrogen) atoms. The highest BCUT2D eigenvalue weighted by atomic mass is 15.2. The van der Waals surface area contributed by atoms with Gasteiger partial charge < -0.3 is 10.2 Å². The van der Waals surface area contributed by atoms with Crippen molar-refractivity contribution >= 4 is 27.6 Å². The first-order valence-electron chi connectivity index (χ1n) is 7.29. The van der Waals surface area contributed by atoms with Crippen LogP contribution in [0, 0.1) is 6.92 Å². The molecule has 0 spiro atoms. The highest BCUT2D eigenvalue weighted by molar-refractivity contribution is 6.07. The topological polar surface area (TPSA) is 56.8 Å². The molecule has 0 aliphatic rings. The Morgan fingerprint density at radius 2 is 2.05 bits per heavy atom. The molecule has 0 saturated carbocycles. The smallest absolute Gasteiger partial charge is 0.183 e. The van der Waals surface area contributed by atoms with Crippen molar-refractivity contribution in [2.45, 2.75) is 13.3 Å².